The second kappa shape index (κ2) is 5.56. The van der Waals surface area contributed by atoms with Crippen LogP contribution in [0.25, 0.3) is 0 Å². The van der Waals surface area contributed by atoms with Crippen LogP contribution in [0.1, 0.15) is 19.8 Å². The molecule has 15 heavy (non-hydrogen) atoms. The highest BCUT2D eigenvalue weighted by atomic mass is 16.5. The minimum absolute atomic E-state index is 0.213. The van der Waals surface area contributed by atoms with Crippen LogP contribution >= 0.6 is 0 Å². The number of carboxylic acid groups (broad SMARTS) is 1. The van der Waals surface area contributed by atoms with Gasteiger partial charge in [0.15, 0.2) is 6.10 Å². The zero-order valence-electron chi connectivity index (χ0n) is 8.85. The summed E-state index contributed by atoms with van der Waals surface area (Å²) >= 11 is 0. The van der Waals surface area contributed by atoms with Gasteiger partial charge in [0, 0.05) is 12.3 Å². The van der Waals surface area contributed by atoms with E-state index in [1.165, 1.54) is 0 Å². The van der Waals surface area contributed by atoms with Gasteiger partial charge in [0.25, 0.3) is 0 Å². The number of ether oxygens (including phenoxy) is 1. The van der Waals surface area contributed by atoms with E-state index in [4.69, 9.17) is 15.6 Å². The molecule has 4 heteroatoms. The zero-order chi connectivity index (χ0) is 11.3. The van der Waals surface area contributed by atoms with E-state index in [9.17, 15) is 4.79 Å². The Morgan fingerprint density at radius 3 is 3.00 bits per heavy atom. The third-order valence-corrected chi connectivity index (χ3v) is 2.38. The molecule has 0 aromatic rings. The van der Waals surface area contributed by atoms with Gasteiger partial charge in [-0.3, -0.25) is 0 Å². The van der Waals surface area contributed by atoms with Gasteiger partial charge in [-0.1, -0.05) is 12.2 Å². The summed E-state index contributed by atoms with van der Waals surface area (Å²) < 4.78 is 5.15. The summed E-state index contributed by atoms with van der Waals surface area (Å²) in [5, 5.41) is 8.90. The van der Waals surface area contributed by atoms with Crippen molar-refractivity contribution in [1.82, 2.24) is 0 Å². The van der Waals surface area contributed by atoms with Crippen LogP contribution in [-0.4, -0.2) is 23.8 Å². The predicted octanol–water partition coefficient (Wildman–Crippen LogP) is 1.28. The van der Waals surface area contributed by atoms with Crippen molar-refractivity contribution < 1.29 is 14.6 Å². The lowest BCUT2D eigenvalue weighted by molar-refractivity contribution is -0.151. The van der Waals surface area contributed by atoms with E-state index >= 15 is 0 Å². The molecule has 0 fully saturated rings. The monoisotopic (exact) mass is 211 g/mol. The van der Waals surface area contributed by atoms with Gasteiger partial charge in [-0.15, -0.1) is 0 Å². The van der Waals surface area contributed by atoms with Crippen molar-refractivity contribution >= 4 is 5.97 Å². The molecule has 3 N–H and O–H groups in total. The third-order valence-electron chi connectivity index (χ3n) is 2.38. The fourth-order valence-corrected chi connectivity index (χ4v) is 1.57. The number of hydrogen-bond donors (Lipinski definition) is 2. The normalized spacial score (nSPS) is 22.2. The molecule has 0 aromatic heterocycles. The highest BCUT2D eigenvalue weighted by Crippen LogP contribution is 2.20. The number of nitrogens with two attached hydrogens (primary N) is 1. The van der Waals surface area contributed by atoms with Gasteiger partial charge in [-0.2, -0.15) is 0 Å². The molecule has 2 unspecified atom stereocenters. The van der Waals surface area contributed by atoms with Gasteiger partial charge < -0.3 is 15.6 Å². The molecular formula is C11H17NO3. The smallest absolute Gasteiger partial charge is 0.332 e. The van der Waals surface area contributed by atoms with Crippen LogP contribution in [0.3, 0.4) is 0 Å². The topological polar surface area (TPSA) is 72.5 Å². The van der Waals surface area contributed by atoms with Crippen LogP contribution in [0.4, 0.5) is 0 Å². The summed E-state index contributed by atoms with van der Waals surface area (Å²) in [5.41, 5.74) is 6.32. The van der Waals surface area contributed by atoms with E-state index in [1.807, 2.05) is 18.2 Å². The molecule has 0 heterocycles. The Bertz CT molecular complexity index is 284. The molecule has 0 bridgehead atoms. The Hall–Kier alpha value is -1.29. The molecule has 1 aliphatic rings. The van der Waals surface area contributed by atoms with Crippen molar-refractivity contribution in [2.24, 2.45) is 11.7 Å². The van der Waals surface area contributed by atoms with Gasteiger partial charge in [-0.25, -0.2) is 4.79 Å². The molecule has 0 saturated heterocycles. The molecule has 1 aliphatic carbocycles. The Morgan fingerprint density at radius 1 is 1.80 bits per heavy atom. The van der Waals surface area contributed by atoms with Gasteiger partial charge in [0.1, 0.15) is 0 Å². The summed E-state index contributed by atoms with van der Waals surface area (Å²) in [6.07, 6.45) is 6.26. The van der Waals surface area contributed by atoms with Gasteiger partial charge in [0.05, 0.1) is 0 Å². The summed E-state index contributed by atoms with van der Waals surface area (Å²) in [6.45, 7) is 2.22. The van der Waals surface area contributed by atoms with Gasteiger partial charge >= 0.3 is 5.97 Å². The maximum atomic E-state index is 10.8. The quantitative estimate of drug-likeness (QED) is 0.718. The Kier molecular flexibility index (Phi) is 4.37. The largest absolute Gasteiger partial charge is 0.479 e. The second-order valence-corrected chi connectivity index (χ2v) is 3.58. The number of carboxylic acids is 1. The SMILES string of the molecule is CCOC(CC1C=CC(N)=CC1)C(=O)O. The lowest BCUT2D eigenvalue weighted by Crippen LogP contribution is -2.26. The summed E-state index contributed by atoms with van der Waals surface area (Å²) in [5.74, 6) is -0.683. The van der Waals surface area contributed by atoms with Gasteiger partial charge in [0.2, 0.25) is 0 Å². The first-order valence-corrected chi connectivity index (χ1v) is 5.11. The van der Waals surface area contributed by atoms with E-state index < -0.39 is 12.1 Å². The maximum absolute atomic E-state index is 10.8. The van der Waals surface area contributed by atoms with Crippen molar-refractivity contribution in [2.75, 3.05) is 6.61 Å². The molecule has 0 saturated carbocycles. The highest BCUT2D eigenvalue weighted by molar-refractivity contribution is 5.72. The van der Waals surface area contributed by atoms with Crippen molar-refractivity contribution in [3.8, 4) is 0 Å². The number of allylic oxidation sites excluding steroid dienone is 3. The molecule has 2 atom stereocenters. The Labute approximate surface area is 89.4 Å². The fraction of sp³-hybridized carbons (Fsp3) is 0.545. The lowest BCUT2D eigenvalue weighted by atomic mass is 9.93. The number of aliphatic carboxylic acids is 1. The highest BCUT2D eigenvalue weighted by Gasteiger charge is 2.21. The first-order valence-electron chi connectivity index (χ1n) is 5.11. The van der Waals surface area contributed by atoms with Crippen molar-refractivity contribution in [1.29, 1.82) is 0 Å². The minimum Gasteiger partial charge on any atom is -0.479 e. The summed E-state index contributed by atoms with van der Waals surface area (Å²) in [4.78, 5) is 10.8. The van der Waals surface area contributed by atoms with E-state index in [0.717, 1.165) is 12.1 Å². The van der Waals surface area contributed by atoms with Crippen molar-refractivity contribution in [2.45, 2.75) is 25.9 Å². The van der Waals surface area contributed by atoms with Crippen molar-refractivity contribution in [3.05, 3.63) is 23.9 Å². The molecule has 1 rings (SSSR count). The third kappa shape index (κ3) is 3.75. The van der Waals surface area contributed by atoms with Crippen LogP contribution in [-0.2, 0) is 9.53 Å². The second-order valence-electron chi connectivity index (χ2n) is 3.58. The Balaban J connectivity index is 2.46. The molecule has 0 aliphatic heterocycles. The minimum atomic E-state index is -0.896. The predicted molar refractivity (Wildman–Crippen MR) is 57.2 cm³/mol. The maximum Gasteiger partial charge on any atom is 0.332 e. The van der Waals surface area contributed by atoms with Crippen molar-refractivity contribution in [3.63, 3.8) is 0 Å². The molecule has 0 radical (unpaired) electrons. The Morgan fingerprint density at radius 2 is 2.53 bits per heavy atom. The van der Waals surface area contributed by atoms with E-state index in [-0.39, 0.29) is 5.92 Å². The number of hydrogen-bond acceptors (Lipinski definition) is 3. The van der Waals surface area contributed by atoms with E-state index in [0.29, 0.717) is 13.0 Å². The average molecular weight is 211 g/mol. The van der Waals surface area contributed by atoms with E-state index in [2.05, 4.69) is 0 Å². The van der Waals surface area contributed by atoms with Crippen LogP contribution in [0.2, 0.25) is 0 Å². The molecule has 4 nitrogen and oxygen atoms in total. The van der Waals surface area contributed by atoms with Crippen LogP contribution < -0.4 is 5.73 Å². The zero-order valence-corrected chi connectivity index (χ0v) is 8.85. The molecule has 84 valence electrons. The molecule has 0 spiro atoms. The number of rotatable bonds is 5. The van der Waals surface area contributed by atoms with Crippen LogP contribution in [0.5, 0.6) is 0 Å². The molecular weight excluding hydrogens is 194 g/mol. The number of carbonyl (C=O) groups is 1. The van der Waals surface area contributed by atoms with Crippen LogP contribution in [0, 0.1) is 5.92 Å². The molecule has 0 amide bonds. The van der Waals surface area contributed by atoms with Crippen LogP contribution in [0.15, 0.2) is 23.9 Å². The summed E-state index contributed by atoms with van der Waals surface area (Å²) in [6, 6.07) is 0. The summed E-state index contributed by atoms with van der Waals surface area (Å²) in [7, 11) is 0. The van der Waals surface area contributed by atoms with Gasteiger partial charge in [-0.05, 0) is 31.8 Å². The standard InChI is InChI=1S/C11H17NO3/c1-2-15-10(11(13)14)7-8-3-5-9(12)6-4-8/h3,5-6,8,10H,2,4,7,12H2,1H3,(H,13,14). The molecule has 0 aromatic carbocycles. The lowest BCUT2D eigenvalue weighted by Gasteiger charge is -2.19. The van der Waals surface area contributed by atoms with E-state index in [1.54, 1.807) is 6.92 Å². The first-order chi connectivity index (χ1) is 7.13. The first kappa shape index (κ1) is 11.8. The average Bonchev–Trinajstić information content (AvgIpc) is 2.20. The fourth-order valence-electron chi connectivity index (χ4n) is 1.57.